The minimum absolute atomic E-state index is 0.332. The molecule has 0 radical (unpaired) electrons. The molecule has 0 aliphatic rings. The number of hydrogen-bond acceptors (Lipinski definition) is 4. The van der Waals surface area contributed by atoms with E-state index in [0.29, 0.717) is 16.6 Å². The van der Waals surface area contributed by atoms with Gasteiger partial charge in [-0.3, -0.25) is 0 Å². The van der Waals surface area contributed by atoms with Crippen LogP contribution in [-0.2, 0) is 4.74 Å². The van der Waals surface area contributed by atoms with Gasteiger partial charge in [0.2, 0.25) is 0 Å². The molecule has 0 aliphatic carbocycles. The Balaban J connectivity index is 2.69. The summed E-state index contributed by atoms with van der Waals surface area (Å²) in [7, 11) is 0. The lowest BCUT2D eigenvalue weighted by Gasteiger charge is -1.94. The molecular weight excluding hydrogens is 186 g/mol. The van der Waals surface area contributed by atoms with Gasteiger partial charge in [0.05, 0.1) is 6.61 Å². The molecule has 0 amide bonds. The number of hydrogen-bond donors (Lipinski definition) is 0. The number of rotatable bonds is 2. The van der Waals surface area contributed by atoms with Gasteiger partial charge in [0.1, 0.15) is 10.0 Å². The SMILES string of the molecule is CCOC(=O)c1cc(Cl)ns1. The average molecular weight is 192 g/mol. The Hall–Kier alpha value is -0.610. The molecule has 0 aromatic carbocycles. The average Bonchev–Trinajstić information content (AvgIpc) is 2.36. The molecule has 11 heavy (non-hydrogen) atoms. The molecule has 3 nitrogen and oxygen atoms in total. The van der Waals surface area contributed by atoms with Crippen LogP contribution in [0.5, 0.6) is 0 Å². The van der Waals surface area contributed by atoms with Gasteiger partial charge in [0, 0.05) is 6.07 Å². The zero-order chi connectivity index (χ0) is 8.27. The van der Waals surface area contributed by atoms with Crippen molar-refractivity contribution in [1.29, 1.82) is 0 Å². The minimum Gasteiger partial charge on any atom is -0.462 e. The van der Waals surface area contributed by atoms with E-state index in [9.17, 15) is 4.79 Å². The van der Waals surface area contributed by atoms with Crippen LogP contribution in [0.4, 0.5) is 0 Å². The molecule has 0 spiro atoms. The third-order valence-electron chi connectivity index (χ3n) is 0.958. The molecule has 0 atom stereocenters. The van der Waals surface area contributed by atoms with E-state index >= 15 is 0 Å². The number of carbonyl (C=O) groups is 1. The summed E-state index contributed by atoms with van der Waals surface area (Å²) in [5, 5.41) is 0.332. The van der Waals surface area contributed by atoms with E-state index in [4.69, 9.17) is 16.3 Å². The van der Waals surface area contributed by atoms with Gasteiger partial charge in [-0.05, 0) is 18.5 Å². The van der Waals surface area contributed by atoms with Crippen molar-refractivity contribution in [3.63, 3.8) is 0 Å². The van der Waals surface area contributed by atoms with Crippen molar-refractivity contribution in [3.8, 4) is 0 Å². The van der Waals surface area contributed by atoms with E-state index in [1.54, 1.807) is 6.92 Å². The normalized spacial score (nSPS) is 9.64. The Morgan fingerprint density at radius 3 is 3.09 bits per heavy atom. The summed E-state index contributed by atoms with van der Waals surface area (Å²) in [5.74, 6) is -0.364. The number of aromatic nitrogens is 1. The number of halogens is 1. The Bertz CT molecular complexity index is 261. The zero-order valence-corrected chi connectivity index (χ0v) is 7.41. The molecule has 0 aliphatic heterocycles. The van der Waals surface area contributed by atoms with Crippen molar-refractivity contribution in [2.24, 2.45) is 0 Å². The molecule has 0 saturated carbocycles. The molecule has 0 fully saturated rings. The van der Waals surface area contributed by atoms with Crippen LogP contribution in [0.2, 0.25) is 5.15 Å². The highest BCUT2D eigenvalue weighted by molar-refractivity contribution is 7.08. The largest absolute Gasteiger partial charge is 0.462 e. The second-order valence-corrected chi connectivity index (χ2v) is 2.93. The van der Waals surface area contributed by atoms with E-state index in [1.165, 1.54) is 6.07 Å². The second kappa shape index (κ2) is 3.69. The Kier molecular flexibility index (Phi) is 2.84. The molecule has 1 heterocycles. The van der Waals surface area contributed by atoms with Crippen molar-refractivity contribution in [2.75, 3.05) is 6.61 Å². The molecule has 0 saturated heterocycles. The van der Waals surface area contributed by atoms with Gasteiger partial charge < -0.3 is 4.74 Å². The van der Waals surface area contributed by atoms with Crippen LogP contribution in [0.3, 0.4) is 0 Å². The smallest absolute Gasteiger partial charge is 0.349 e. The molecule has 1 aromatic heterocycles. The Labute approximate surface area is 73.1 Å². The molecule has 0 bridgehead atoms. The van der Waals surface area contributed by atoms with E-state index < -0.39 is 0 Å². The summed E-state index contributed by atoms with van der Waals surface area (Å²) < 4.78 is 8.44. The molecule has 0 N–H and O–H groups in total. The highest BCUT2D eigenvalue weighted by Crippen LogP contribution is 2.14. The van der Waals surface area contributed by atoms with Crippen LogP contribution in [0.15, 0.2) is 6.07 Å². The summed E-state index contributed by atoms with van der Waals surface area (Å²) in [6, 6.07) is 1.49. The van der Waals surface area contributed by atoms with Crippen LogP contribution in [0.1, 0.15) is 16.6 Å². The quantitative estimate of drug-likeness (QED) is 0.671. The van der Waals surface area contributed by atoms with Gasteiger partial charge in [0.25, 0.3) is 0 Å². The van der Waals surface area contributed by atoms with Crippen molar-refractivity contribution >= 4 is 29.1 Å². The van der Waals surface area contributed by atoms with Gasteiger partial charge in [-0.1, -0.05) is 11.6 Å². The maximum Gasteiger partial charge on any atom is 0.349 e. The lowest BCUT2D eigenvalue weighted by molar-refractivity contribution is 0.0532. The van der Waals surface area contributed by atoms with Gasteiger partial charge >= 0.3 is 5.97 Å². The first-order valence-electron chi connectivity index (χ1n) is 3.03. The van der Waals surface area contributed by atoms with Crippen LogP contribution in [-0.4, -0.2) is 16.9 Å². The molecule has 1 rings (SSSR count). The summed E-state index contributed by atoms with van der Waals surface area (Å²) in [6.07, 6.45) is 0. The molecule has 1 aromatic rings. The van der Waals surface area contributed by atoms with Crippen molar-refractivity contribution < 1.29 is 9.53 Å². The highest BCUT2D eigenvalue weighted by Gasteiger charge is 2.09. The Morgan fingerprint density at radius 1 is 1.91 bits per heavy atom. The first kappa shape index (κ1) is 8.49. The van der Waals surface area contributed by atoms with E-state index in [2.05, 4.69) is 4.37 Å². The van der Waals surface area contributed by atoms with E-state index in [0.717, 1.165) is 11.5 Å². The molecular formula is C6H6ClNO2S. The van der Waals surface area contributed by atoms with Gasteiger partial charge in [-0.15, -0.1) is 0 Å². The topological polar surface area (TPSA) is 39.2 Å². The summed E-state index contributed by atoms with van der Waals surface area (Å²) in [6.45, 7) is 2.12. The van der Waals surface area contributed by atoms with Crippen molar-refractivity contribution in [2.45, 2.75) is 6.92 Å². The fraction of sp³-hybridized carbons (Fsp3) is 0.333. The lowest BCUT2D eigenvalue weighted by atomic mass is 10.5. The summed E-state index contributed by atoms with van der Waals surface area (Å²) in [4.78, 5) is 11.4. The minimum atomic E-state index is -0.364. The number of ether oxygens (including phenoxy) is 1. The van der Waals surface area contributed by atoms with Crippen molar-refractivity contribution in [1.82, 2.24) is 4.37 Å². The van der Waals surface area contributed by atoms with E-state index in [-0.39, 0.29) is 5.97 Å². The van der Waals surface area contributed by atoms with Crippen LogP contribution in [0, 0.1) is 0 Å². The van der Waals surface area contributed by atoms with Crippen LogP contribution >= 0.6 is 23.1 Å². The maximum absolute atomic E-state index is 10.9. The number of carbonyl (C=O) groups excluding carboxylic acids is 1. The van der Waals surface area contributed by atoms with E-state index in [1.807, 2.05) is 0 Å². The molecule has 5 heteroatoms. The van der Waals surface area contributed by atoms with Gasteiger partial charge in [-0.25, -0.2) is 4.79 Å². The highest BCUT2D eigenvalue weighted by atomic mass is 35.5. The van der Waals surface area contributed by atoms with Crippen molar-refractivity contribution in [3.05, 3.63) is 16.1 Å². The third kappa shape index (κ3) is 2.17. The number of nitrogens with zero attached hydrogens (tertiary/aromatic N) is 1. The lowest BCUT2D eigenvalue weighted by Crippen LogP contribution is -2.01. The summed E-state index contributed by atoms with van der Waals surface area (Å²) in [5.41, 5.74) is 0. The first-order chi connectivity index (χ1) is 5.24. The fourth-order valence-corrected chi connectivity index (χ4v) is 1.37. The molecule has 0 unspecified atom stereocenters. The maximum atomic E-state index is 10.9. The summed E-state index contributed by atoms with van der Waals surface area (Å²) >= 11 is 6.54. The van der Waals surface area contributed by atoms with Crippen LogP contribution < -0.4 is 0 Å². The predicted octanol–water partition coefficient (Wildman–Crippen LogP) is 1.97. The first-order valence-corrected chi connectivity index (χ1v) is 4.18. The second-order valence-electron chi connectivity index (χ2n) is 1.73. The standard InChI is InChI=1S/C6H6ClNO2S/c1-2-10-6(9)4-3-5(7)8-11-4/h3H,2H2,1H3. The third-order valence-corrected chi connectivity index (χ3v) is 2.02. The van der Waals surface area contributed by atoms with Gasteiger partial charge in [0.15, 0.2) is 0 Å². The Morgan fingerprint density at radius 2 is 2.64 bits per heavy atom. The monoisotopic (exact) mass is 191 g/mol. The number of esters is 1. The predicted molar refractivity (Wildman–Crippen MR) is 43.1 cm³/mol. The molecule has 60 valence electrons. The zero-order valence-electron chi connectivity index (χ0n) is 5.83. The van der Waals surface area contributed by atoms with Crippen LogP contribution in [0.25, 0.3) is 0 Å². The fourth-order valence-electron chi connectivity index (χ4n) is 0.552. The van der Waals surface area contributed by atoms with Gasteiger partial charge in [-0.2, -0.15) is 4.37 Å².